The van der Waals surface area contributed by atoms with Gasteiger partial charge in [0.15, 0.2) is 0 Å². The van der Waals surface area contributed by atoms with E-state index in [1.165, 1.54) is 6.42 Å². The topological polar surface area (TPSA) is 68.0 Å². The average molecular weight is 282 g/mol. The number of nitrogens with zero attached hydrogens (tertiary/aromatic N) is 1. The van der Waals surface area contributed by atoms with Crippen molar-refractivity contribution in [1.29, 1.82) is 0 Å². The van der Waals surface area contributed by atoms with Crippen molar-refractivity contribution in [3.05, 3.63) is 22.8 Å². The third-order valence-electron chi connectivity index (χ3n) is 3.89. The van der Waals surface area contributed by atoms with Gasteiger partial charge >= 0.3 is 0 Å². The van der Waals surface area contributed by atoms with Gasteiger partial charge in [0.2, 0.25) is 0 Å². The molecule has 0 aliphatic heterocycles. The van der Waals surface area contributed by atoms with E-state index in [-0.39, 0.29) is 28.3 Å². The lowest BCUT2D eigenvalue weighted by Gasteiger charge is -2.39. The van der Waals surface area contributed by atoms with Crippen LogP contribution in [0.3, 0.4) is 0 Å². The minimum Gasteiger partial charge on any atom is -0.384 e. The third kappa shape index (κ3) is 3.38. The Hall–Kier alpha value is -1.29. The lowest BCUT2D eigenvalue weighted by Crippen LogP contribution is -2.46. The Bertz CT molecular complexity index is 467. The first-order valence-corrected chi connectivity index (χ1v) is 7.00. The summed E-state index contributed by atoms with van der Waals surface area (Å²) in [7, 11) is 0. The molecule has 0 bridgehead atoms. The number of aromatic nitrogens is 1. The molecule has 0 spiro atoms. The Morgan fingerprint density at radius 3 is 2.84 bits per heavy atom. The molecule has 5 heteroatoms. The number of hydrogen-bond acceptors (Lipinski definition) is 3. The first-order chi connectivity index (χ1) is 8.88. The number of nitrogen functional groups attached to an aromatic ring is 1. The maximum atomic E-state index is 12.3. The standard InChI is InChI=1S/C14H20ClN3O/c1-14(2)6-4-3-5-10(14)17-13(19)9-7-11(15)18-12(16)8-9/h7-8,10H,3-6H2,1-2H3,(H2,16,18)(H,17,19). The zero-order valence-corrected chi connectivity index (χ0v) is 12.1. The Balaban J connectivity index is 2.12. The molecular formula is C14H20ClN3O. The number of pyridine rings is 1. The van der Waals surface area contributed by atoms with E-state index < -0.39 is 0 Å². The smallest absolute Gasteiger partial charge is 0.251 e. The molecule has 19 heavy (non-hydrogen) atoms. The highest BCUT2D eigenvalue weighted by Gasteiger charge is 2.33. The number of amides is 1. The SMILES string of the molecule is CC1(C)CCCCC1NC(=O)c1cc(N)nc(Cl)c1. The molecule has 1 atom stereocenters. The summed E-state index contributed by atoms with van der Waals surface area (Å²) in [4.78, 5) is 16.1. The molecule has 1 saturated carbocycles. The molecule has 1 amide bonds. The van der Waals surface area contributed by atoms with Gasteiger partial charge in [-0.1, -0.05) is 38.3 Å². The van der Waals surface area contributed by atoms with Crippen molar-refractivity contribution in [3.8, 4) is 0 Å². The largest absolute Gasteiger partial charge is 0.384 e. The normalized spacial score (nSPS) is 21.9. The summed E-state index contributed by atoms with van der Waals surface area (Å²) < 4.78 is 0. The van der Waals surface area contributed by atoms with Crippen LogP contribution in [0.25, 0.3) is 0 Å². The molecular weight excluding hydrogens is 262 g/mol. The highest BCUT2D eigenvalue weighted by molar-refractivity contribution is 6.29. The Kier molecular flexibility index (Phi) is 3.99. The average Bonchev–Trinajstić information content (AvgIpc) is 2.30. The monoisotopic (exact) mass is 281 g/mol. The van der Waals surface area contributed by atoms with E-state index in [9.17, 15) is 4.79 Å². The first kappa shape index (κ1) is 14.1. The zero-order chi connectivity index (χ0) is 14.0. The minimum atomic E-state index is -0.129. The molecule has 1 heterocycles. The number of nitrogens with two attached hydrogens (primary N) is 1. The summed E-state index contributed by atoms with van der Waals surface area (Å²) in [5.74, 6) is 0.136. The van der Waals surface area contributed by atoms with Gasteiger partial charge in [0, 0.05) is 11.6 Å². The van der Waals surface area contributed by atoms with Crippen molar-refractivity contribution in [1.82, 2.24) is 10.3 Å². The van der Waals surface area contributed by atoms with Crippen molar-refractivity contribution in [2.75, 3.05) is 5.73 Å². The Morgan fingerprint density at radius 1 is 1.47 bits per heavy atom. The van der Waals surface area contributed by atoms with Gasteiger partial charge in [-0.05, 0) is 30.4 Å². The summed E-state index contributed by atoms with van der Waals surface area (Å²) in [6.45, 7) is 4.40. The zero-order valence-electron chi connectivity index (χ0n) is 11.4. The summed E-state index contributed by atoms with van der Waals surface area (Å²) in [5.41, 5.74) is 6.21. The van der Waals surface area contributed by atoms with Crippen molar-refractivity contribution in [3.63, 3.8) is 0 Å². The van der Waals surface area contributed by atoms with E-state index in [2.05, 4.69) is 24.1 Å². The first-order valence-electron chi connectivity index (χ1n) is 6.62. The van der Waals surface area contributed by atoms with Gasteiger partial charge in [-0.25, -0.2) is 4.98 Å². The second-order valence-corrected chi connectivity index (χ2v) is 6.25. The number of rotatable bonds is 2. The van der Waals surface area contributed by atoms with Crippen LogP contribution in [0.5, 0.6) is 0 Å². The minimum absolute atomic E-state index is 0.129. The van der Waals surface area contributed by atoms with Gasteiger partial charge in [-0.2, -0.15) is 0 Å². The van der Waals surface area contributed by atoms with Crippen LogP contribution < -0.4 is 11.1 Å². The number of carbonyl (C=O) groups excluding carboxylic acids is 1. The van der Waals surface area contributed by atoms with Crippen molar-refractivity contribution in [2.45, 2.75) is 45.6 Å². The fourth-order valence-electron chi connectivity index (χ4n) is 2.65. The van der Waals surface area contributed by atoms with Crippen LogP contribution >= 0.6 is 11.6 Å². The second-order valence-electron chi connectivity index (χ2n) is 5.86. The summed E-state index contributed by atoms with van der Waals surface area (Å²) in [6.07, 6.45) is 4.55. The van der Waals surface area contributed by atoms with Crippen LogP contribution in [0, 0.1) is 5.41 Å². The van der Waals surface area contributed by atoms with Gasteiger partial charge in [0.25, 0.3) is 5.91 Å². The van der Waals surface area contributed by atoms with Gasteiger partial charge in [0.1, 0.15) is 11.0 Å². The van der Waals surface area contributed by atoms with E-state index in [0.29, 0.717) is 5.56 Å². The van der Waals surface area contributed by atoms with Crippen LogP contribution in [0.15, 0.2) is 12.1 Å². The van der Waals surface area contributed by atoms with Crippen LogP contribution in [0.2, 0.25) is 5.15 Å². The number of anilines is 1. The van der Waals surface area contributed by atoms with Crippen molar-refractivity contribution < 1.29 is 4.79 Å². The molecule has 1 aliphatic rings. The molecule has 0 saturated heterocycles. The fraction of sp³-hybridized carbons (Fsp3) is 0.571. The van der Waals surface area contributed by atoms with Crippen LogP contribution in [0.4, 0.5) is 5.82 Å². The number of hydrogen-bond donors (Lipinski definition) is 2. The number of nitrogens with one attached hydrogen (secondary N) is 1. The number of carbonyl (C=O) groups is 1. The van der Waals surface area contributed by atoms with Gasteiger partial charge < -0.3 is 11.1 Å². The maximum absolute atomic E-state index is 12.3. The molecule has 0 radical (unpaired) electrons. The molecule has 1 aromatic rings. The third-order valence-corrected chi connectivity index (χ3v) is 4.08. The fourth-order valence-corrected chi connectivity index (χ4v) is 2.87. The molecule has 4 nitrogen and oxygen atoms in total. The highest BCUT2D eigenvalue weighted by atomic mass is 35.5. The molecule has 1 aromatic heterocycles. The molecule has 1 unspecified atom stereocenters. The lowest BCUT2D eigenvalue weighted by molar-refractivity contribution is 0.0853. The molecule has 0 aromatic carbocycles. The summed E-state index contributed by atoms with van der Waals surface area (Å²) >= 11 is 5.82. The van der Waals surface area contributed by atoms with Gasteiger partial charge in [-0.3, -0.25) is 4.79 Å². The molecule has 1 fully saturated rings. The molecule has 2 rings (SSSR count). The van der Waals surface area contributed by atoms with Crippen LogP contribution in [-0.4, -0.2) is 16.9 Å². The van der Waals surface area contributed by atoms with Gasteiger partial charge in [0.05, 0.1) is 0 Å². The van der Waals surface area contributed by atoms with Gasteiger partial charge in [-0.15, -0.1) is 0 Å². The Morgan fingerprint density at radius 2 is 2.21 bits per heavy atom. The van der Waals surface area contributed by atoms with Crippen molar-refractivity contribution >= 4 is 23.3 Å². The summed E-state index contributed by atoms with van der Waals surface area (Å²) in [5, 5.41) is 3.34. The van der Waals surface area contributed by atoms with Crippen LogP contribution in [0.1, 0.15) is 49.9 Å². The highest BCUT2D eigenvalue weighted by Crippen LogP contribution is 2.35. The molecule has 1 aliphatic carbocycles. The molecule has 3 N–H and O–H groups in total. The quantitative estimate of drug-likeness (QED) is 0.819. The molecule has 104 valence electrons. The van der Waals surface area contributed by atoms with E-state index in [4.69, 9.17) is 17.3 Å². The summed E-state index contributed by atoms with van der Waals surface area (Å²) in [6, 6.07) is 3.29. The van der Waals surface area contributed by atoms with E-state index in [0.717, 1.165) is 19.3 Å². The predicted octanol–water partition coefficient (Wildman–Crippen LogP) is 3.02. The van der Waals surface area contributed by atoms with E-state index >= 15 is 0 Å². The van der Waals surface area contributed by atoms with Crippen LogP contribution in [-0.2, 0) is 0 Å². The van der Waals surface area contributed by atoms with Crippen molar-refractivity contribution in [2.24, 2.45) is 5.41 Å². The maximum Gasteiger partial charge on any atom is 0.251 e. The second kappa shape index (κ2) is 5.37. The Labute approximate surface area is 118 Å². The number of halogens is 1. The van der Waals surface area contributed by atoms with E-state index in [1.807, 2.05) is 0 Å². The lowest BCUT2D eigenvalue weighted by atomic mass is 9.73. The predicted molar refractivity (Wildman–Crippen MR) is 77.2 cm³/mol. The van der Waals surface area contributed by atoms with E-state index in [1.54, 1.807) is 12.1 Å².